The van der Waals surface area contributed by atoms with Crippen LogP contribution in [-0.4, -0.2) is 10.8 Å². The predicted molar refractivity (Wildman–Crippen MR) is 108 cm³/mol. The van der Waals surface area contributed by atoms with Crippen LogP contribution in [0.4, 0.5) is 0 Å². The molecule has 1 heterocycles. The summed E-state index contributed by atoms with van der Waals surface area (Å²) in [6.07, 6.45) is 0. The van der Waals surface area contributed by atoms with Crippen LogP contribution >= 0.6 is 50.9 Å². The van der Waals surface area contributed by atoms with Gasteiger partial charge in [-0.2, -0.15) is 0 Å². The first-order valence-electron chi connectivity index (χ1n) is 7.30. The number of carbonyl (C=O) groups is 1. The second kappa shape index (κ2) is 7.54. The van der Waals surface area contributed by atoms with Crippen molar-refractivity contribution < 1.29 is 4.79 Å². The lowest BCUT2D eigenvalue weighted by molar-refractivity contribution is 0.101. The molecule has 0 aliphatic carbocycles. The van der Waals surface area contributed by atoms with Crippen LogP contribution in [0.15, 0.2) is 50.7 Å². The summed E-state index contributed by atoms with van der Waals surface area (Å²) in [4.78, 5) is 28.1. The summed E-state index contributed by atoms with van der Waals surface area (Å²) in [7, 11) is 0. The standard InChI is InChI=1S/C18H12BrCl2NO2S/c1-9(23)14-17(24)15-13(21)7-6-12(19)16(15)22-18(14)25-8-10-2-4-11(20)5-3-10/h2-7H,8H2,1H3,(H,22,24). The Kier molecular flexibility index (Phi) is 5.58. The molecule has 0 spiro atoms. The normalized spacial score (nSPS) is 11.0. The highest BCUT2D eigenvalue weighted by Crippen LogP contribution is 2.31. The van der Waals surface area contributed by atoms with E-state index in [2.05, 4.69) is 20.9 Å². The minimum Gasteiger partial charge on any atom is -0.348 e. The summed E-state index contributed by atoms with van der Waals surface area (Å²) < 4.78 is 0.715. The Morgan fingerprint density at radius 2 is 1.84 bits per heavy atom. The molecule has 1 N–H and O–H groups in total. The summed E-state index contributed by atoms with van der Waals surface area (Å²) in [5.74, 6) is 0.301. The number of carbonyl (C=O) groups excluding carboxylic acids is 1. The number of hydrogen-bond acceptors (Lipinski definition) is 3. The zero-order valence-corrected chi connectivity index (χ0v) is 16.9. The lowest BCUT2D eigenvalue weighted by atomic mass is 10.1. The van der Waals surface area contributed by atoms with Gasteiger partial charge >= 0.3 is 0 Å². The first kappa shape index (κ1) is 18.5. The second-order valence-corrected chi connectivity index (χ2v) is 8.09. The van der Waals surface area contributed by atoms with Crippen molar-refractivity contribution in [1.82, 2.24) is 4.98 Å². The first-order chi connectivity index (χ1) is 11.9. The average molecular weight is 457 g/mol. The molecule has 128 valence electrons. The van der Waals surface area contributed by atoms with E-state index in [-0.39, 0.29) is 16.8 Å². The fourth-order valence-corrected chi connectivity index (χ4v) is 4.32. The molecule has 3 nitrogen and oxygen atoms in total. The van der Waals surface area contributed by atoms with Crippen molar-refractivity contribution in [3.63, 3.8) is 0 Å². The second-order valence-electron chi connectivity index (χ2n) is 5.41. The van der Waals surface area contributed by atoms with E-state index >= 15 is 0 Å². The van der Waals surface area contributed by atoms with Gasteiger partial charge in [0.15, 0.2) is 5.78 Å². The van der Waals surface area contributed by atoms with E-state index in [1.807, 2.05) is 24.3 Å². The van der Waals surface area contributed by atoms with Gasteiger partial charge in [0.05, 0.1) is 26.5 Å². The van der Waals surface area contributed by atoms with Gasteiger partial charge in [0.2, 0.25) is 5.43 Å². The molecule has 0 aliphatic heterocycles. The van der Waals surface area contributed by atoms with Gasteiger partial charge in [0, 0.05) is 15.2 Å². The Morgan fingerprint density at radius 3 is 2.48 bits per heavy atom. The smallest absolute Gasteiger partial charge is 0.202 e. The zero-order valence-electron chi connectivity index (χ0n) is 13.0. The third kappa shape index (κ3) is 3.80. The summed E-state index contributed by atoms with van der Waals surface area (Å²) in [5, 5.41) is 1.83. The van der Waals surface area contributed by atoms with Gasteiger partial charge in [-0.05, 0) is 52.7 Å². The fraction of sp³-hybridized carbons (Fsp3) is 0.111. The minimum atomic E-state index is -0.355. The van der Waals surface area contributed by atoms with Gasteiger partial charge in [-0.15, -0.1) is 11.8 Å². The lowest BCUT2D eigenvalue weighted by Gasteiger charge is -2.11. The quantitative estimate of drug-likeness (QED) is 0.381. The van der Waals surface area contributed by atoms with Gasteiger partial charge in [-0.1, -0.05) is 35.3 Å². The van der Waals surface area contributed by atoms with Crippen LogP contribution < -0.4 is 5.43 Å². The van der Waals surface area contributed by atoms with Crippen molar-refractivity contribution in [2.24, 2.45) is 0 Å². The molecule has 0 unspecified atom stereocenters. The van der Waals surface area contributed by atoms with E-state index in [0.29, 0.717) is 36.2 Å². The highest BCUT2D eigenvalue weighted by molar-refractivity contribution is 9.10. The molecule has 7 heteroatoms. The number of halogens is 3. The molecular formula is C18H12BrCl2NO2S. The van der Waals surface area contributed by atoms with Crippen LogP contribution in [0.25, 0.3) is 10.9 Å². The number of aromatic nitrogens is 1. The summed E-state index contributed by atoms with van der Waals surface area (Å²) in [6.45, 7) is 1.38. The Morgan fingerprint density at radius 1 is 1.16 bits per heavy atom. The van der Waals surface area contributed by atoms with Crippen LogP contribution in [0.5, 0.6) is 0 Å². The number of rotatable bonds is 4. The molecule has 0 bridgehead atoms. The first-order valence-corrected chi connectivity index (χ1v) is 9.84. The molecule has 0 aliphatic rings. The number of benzene rings is 2. The number of thioether (sulfide) groups is 1. The molecule has 25 heavy (non-hydrogen) atoms. The average Bonchev–Trinajstić information content (AvgIpc) is 2.57. The number of aromatic amines is 1. The predicted octanol–water partition coefficient (Wildman–Crippen LogP) is 6.09. The Balaban J connectivity index is 2.11. The maximum atomic E-state index is 12.8. The van der Waals surface area contributed by atoms with Crippen LogP contribution in [0.3, 0.4) is 0 Å². The number of ketones is 1. The molecule has 3 aromatic rings. The van der Waals surface area contributed by atoms with Crippen LogP contribution in [0.2, 0.25) is 10.0 Å². The van der Waals surface area contributed by atoms with Crippen molar-refractivity contribution in [3.05, 3.63) is 72.3 Å². The van der Waals surface area contributed by atoms with E-state index < -0.39 is 0 Å². The molecule has 0 amide bonds. The summed E-state index contributed by atoms with van der Waals surface area (Å²) in [5.41, 5.74) is 1.40. The molecule has 0 saturated heterocycles. The third-order valence-corrected chi connectivity index (χ3v) is 5.97. The number of H-pyrrole nitrogens is 1. The van der Waals surface area contributed by atoms with Crippen LogP contribution in [0.1, 0.15) is 22.8 Å². The molecular weight excluding hydrogens is 445 g/mol. The van der Waals surface area contributed by atoms with Gasteiger partial charge in [0.25, 0.3) is 0 Å². The number of nitrogens with one attached hydrogen (secondary N) is 1. The lowest BCUT2D eigenvalue weighted by Crippen LogP contribution is -2.17. The van der Waals surface area contributed by atoms with Gasteiger partial charge in [-0.25, -0.2) is 0 Å². The molecule has 1 aromatic heterocycles. The number of pyridine rings is 1. The molecule has 2 aromatic carbocycles. The Hall–Kier alpha value is -1.27. The van der Waals surface area contributed by atoms with Crippen molar-refractivity contribution in [2.45, 2.75) is 17.7 Å². The van der Waals surface area contributed by atoms with Crippen molar-refractivity contribution >= 4 is 67.6 Å². The van der Waals surface area contributed by atoms with Crippen molar-refractivity contribution in [2.75, 3.05) is 0 Å². The van der Waals surface area contributed by atoms with E-state index in [0.717, 1.165) is 5.56 Å². The maximum Gasteiger partial charge on any atom is 0.202 e. The van der Waals surface area contributed by atoms with Crippen LogP contribution in [-0.2, 0) is 5.75 Å². The van der Waals surface area contributed by atoms with Crippen molar-refractivity contribution in [3.8, 4) is 0 Å². The molecule has 0 saturated carbocycles. The highest BCUT2D eigenvalue weighted by Gasteiger charge is 2.19. The maximum absolute atomic E-state index is 12.8. The third-order valence-electron chi connectivity index (χ3n) is 3.67. The molecule has 0 fully saturated rings. The topological polar surface area (TPSA) is 49.9 Å². The van der Waals surface area contributed by atoms with Crippen molar-refractivity contribution in [1.29, 1.82) is 0 Å². The Labute approximate surface area is 166 Å². The molecule has 0 atom stereocenters. The van der Waals surface area contributed by atoms with Crippen LogP contribution in [0, 0.1) is 0 Å². The molecule has 3 rings (SSSR count). The number of fused-ring (bicyclic) bond motifs is 1. The van der Waals surface area contributed by atoms with E-state index in [1.165, 1.54) is 18.7 Å². The monoisotopic (exact) mass is 455 g/mol. The van der Waals surface area contributed by atoms with Gasteiger partial charge in [-0.3, -0.25) is 9.59 Å². The Bertz CT molecular complexity index is 1030. The number of hydrogen-bond donors (Lipinski definition) is 1. The van der Waals surface area contributed by atoms with E-state index in [4.69, 9.17) is 23.2 Å². The van der Waals surface area contributed by atoms with E-state index in [1.54, 1.807) is 12.1 Å². The largest absolute Gasteiger partial charge is 0.348 e. The SMILES string of the molecule is CC(=O)c1c(SCc2ccc(Cl)cc2)[nH]c2c(Br)ccc(Cl)c2c1=O. The van der Waals surface area contributed by atoms with Gasteiger partial charge in [0.1, 0.15) is 0 Å². The highest BCUT2D eigenvalue weighted by atomic mass is 79.9. The number of Topliss-reactive ketones (excluding diaryl/α,β-unsaturated/α-hetero) is 1. The molecule has 0 radical (unpaired) electrons. The van der Waals surface area contributed by atoms with Gasteiger partial charge < -0.3 is 4.98 Å². The fourth-order valence-electron chi connectivity index (χ4n) is 2.46. The summed E-state index contributed by atoms with van der Waals surface area (Å²) in [6, 6.07) is 10.8. The zero-order chi connectivity index (χ0) is 18.1. The summed E-state index contributed by atoms with van der Waals surface area (Å²) >= 11 is 16.9. The van der Waals surface area contributed by atoms with E-state index in [9.17, 15) is 9.59 Å². The minimum absolute atomic E-state index is 0.131.